The lowest BCUT2D eigenvalue weighted by Crippen LogP contribution is -2.60. The molecule has 4 heterocycles. The molecule has 2 N–H and O–H groups in total. The Morgan fingerprint density at radius 1 is 1.14 bits per heavy atom. The summed E-state index contributed by atoms with van der Waals surface area (Å²) >= 11 is 0. The lowest BCUT2D eigenvalue weighted by atomic mass is 9.74. The highest BCUT2D eigenvalue weighted by Crippen LogP contribution is 2.34. The average Bonchev–Trinajstić information content (AvgIpc) is 2.95. The molecule has 4 aliphatic heterocycles. The quantitative estimate of drug-likeness (QED) is 0.766. The van der Waals surface area contributed by atoms with E-state index in [0.717, 1.165) is 18.0 Å². The van der Waals surface area contributed by atoms with Crippen LogP contribution in [0.5, 0.6) is 0 Å². The Bertz CT molecular complexity index is 335. The second-order valence-corrected chi connectivity index (χ2v) is 8.44. The Morgan fingerprint density at radius 2 is 1.95 bits per heavy atom. The molecule has 128 valence electrons. The Hall–Kier alpha value is -0.160. The molecule has 0 aromatic carbocycles. The summed E-state index contributed by atoms with van der Waals surface area (Å²) in [7, 11) is 2.21. The first-order valence-electron chi connectivity index (χ1n) is 9.45. The number of fused-ring (bicyclic) bond motifs is 1. The first-order chi connectivity index (χ1) is 10.6. The third-order valence-electron chi connectivity index (χ3n) is 6.21. The van der Waals surface area contributed by atoms with E-state index < -0.39 is 0 Å². The fraction of sp³-hybridized carbons (Fsp3) is 1.00. The topological polar surface area (TPSA) is 30.5 Å². The molecular formula is C18H36N4. The van der Waals surface area contributed by atoms with Crippen LogP contribution in [0.3, 0.4) is 0 Å². The monoisotopic (exact) mass is 308 g/mol. The molecule has 2 unspecified atom stereocenters. The minimum atomic E-state index is 0.688. The van der Waals surface area contributed by atoms with Gasteiger partial charge in [-0.2, -0.15) is 0 Å². The van der Waals surface area contributed by atoms with Gasteiger partial charge in [0.2, 0.25) is 0 Å². The summed E-state index contributed by atoms with van der Waals surface area (Å²) in [5, 5.41) is 7.07. The van der Waals surface area contributed by atoms with Gasteiger partial charge in [-0.1, -0.05) is 0 Å². The average molecular weight is 309 g/mol. The van der Waals surface area contributed by atoms with Crippen LogP contribution >= 0.6 is 0 Å². The second-order valence-electron chi connectivity index (χ2n) is 8.44. The maximum atomic E-state index is 3.60. The highest BCUT2D eigenvalue weighted by molar-refractivity contribution is 4.96. The molecule has 1 spiro atoms. The van der Waals surface area contributed by atoms with Gasteiger partial charge in [-0.25, -0.2) is 0 Å². The van der Waals surface area contributed by atoms with Crippen molar-refractivity contribution in [2.45, 2.75) is 51.6 Å². The van der Waals surface area contributed by atoms with E-state index in [-0.39, 0.29) is 0 Å². The summed E-state index contributed by atoms with van der Waals surface area (Å²) in [5.41, 5.74) is 0.688. The third-order valence-corrected chi connectivity index (χ3v) is 6.21. The zero-order valence-corrected chi connectivity index (χ0v) is 14.9. The summed E-state index contributed by atoms with van der Waals surface area (Å²) in [5.74, 6) is 0.986. The molecule has 0 aliphatic carbocycles. The van der Waals surface area contributed by atoms with Crippen molar-refractivity contribution >= 4 is 0 Å². The van der Waals surface area contributed by atoms with E-state index in [2.05, 4.69) is 41.3 Å². The number of piperidine rings is 2. The molecule has 0 radical (unpaired) electrons. The van der Waals surface area contributed by atoms with E-state index in [1.54, 1.807) is 0 Å². The zero-order chi connectivity index (χ0) is 15.6. The first-order valence-corrected chi connectivity index (χ1v) is 9.45. The maximum absolute atomic E-state index is 3.60. The minimum Gasteiger partial charge on any atom is -0.316 e. The van der Waals surface area contributed by atoms with Crippen molar-refractivity contribution in [2.24, 2.45) is 11.3 Å². The van der Waals surface area contributed by atoms with Gasteiger partial charge in [-0.3, -0.25) is 4.90 Å². The van der Waals surface area contributed by atoms with Crippen LogP contribution in [-0.2, 0) is 0 Å². The minimum absolute atomic E-state index is 0.688. The van der Waals surface area contributed by atoms with E-state index in [9.17, 15) is 0 Å². The highest BCUT2D eigenvalue weighted by Gasteiger charge is 2.41. The van der Waals surface area contributed by atoms with Gasteiger partial charge in [0.1, 0.15) is 0 Å². The Kier molecular flexibility index (Phi) is 5.43. The van der Waals surface area contributed by atoms with Crippen molar-refractivity contribution < 1.29 is 0 Å². The number of hydrogen-bond donors (Lipinski definition) is 2. The van der Waals surface area contributed by atoms with E-state index >= 15 is 0 Å². The molecule has 0 amide bonds. The van der Waals surface area contributed by atoms with E-state index in [1.807, 2.05) is 0 Å². The van der Waals surface area contributed by atoms with Gasteiger partial charge >= 0.3 is 0 Å². The summed E-state index contributed by atoms with van der Waals surface area (Å²) in [6, 6.07) is 1.54. The molecular weight excluding hydrogens is 272 g/mol. The molecule has 0 aromatic rings. The fourth-order valence-corrected chi connectivity index (χ4v) is 4.92. The molecule has 4 aliphatic rings. The van der Waals surface area contributed by atoms with Gasteiger partial charge in [0.25, 0.3) is 0 Å². The Labute approximate surface area is 137 Å². The van der Waals surface area contributed by atoms with Crippen LogP contribution in [0.15, 0.2) is 0 Å². The van der Waals surface area contributed by atoms with E-state index in [0.29, 0.717) is 5.41 Å². The number of hydrogen-bond acceptors (Lipinski definition) is 4. The van der Waals surface area contributed by atoms with Crippen LogP contribution in [-0.4, -0.2) is 74.7 Å². The number of likely N-dealkylation sites (tertiary alicyclic amines) is 2. The van der Waals surface area contributed by atoms with Crippen molar-refractivity contribution in [3.63, 3.8) is 0 Å². The van der Waals surface area contributed by atoms with Crippen LogP contribution in [0, 0.1) is 11.3 Å². The molecule has 4 saturated heterocycles. The van der Waals surface area contributed by atoms with Gasteiger partial charge < -0.3 is 15.5 Å². The molecule has 4 fully saturated rings. The van der Waals surface area contributed by atoms with Gasteiger partial charge in [0.05, 0.1) is 0 Å². The normalized spacial score (nSPS) is 34.9. The van der Waals surface area contributed by atoms with Crippen LogP contribution in [0.1, 0.15) is 39.5 Å². The van der Waals surface area contributed by atoms with Gasteiger partial charge in [-0.05, 0) is 72.1 Å². The third kappa shape index (κ3) is 3.84. The number of nitrogens with one attached hydrogen (secondary N) is 2. The molecule has 4 nitrogen and oxygen atoms in total. The van der Waals surface area contributed by atoms with Crippen LogP contribution in [0.25, 0.3) is 0 Å². The summed E-state index contributed by atoms with van der Waals surface area (Å²) in [6.07, 6.45) is 5.66. The van der Waals surface area contributed by atoms with E-state index in [1.165, 1.54) is 71.5 Å². The van der Waals surface area contributed by atoms with Crippen molar-refractivity contribution in [3.05, 3.63) is 0 Å². The lowest BCUT2D eigenvalue weighted by molar-refractivity contribution is 0.00201. The standard InChI is InChI=1S/C10H20N2.C8H16N2/c1-8(2)12-6-4-9-3-5-11-10(9)7-12;1-10-6-8(7-10)3-2-4-9-5-8/h8-11H,3-7H2,1-2H3;9H,2-7H2,1H3. The Balaban J connectivity index is 0.000000133. The van der Waals surface area contributed by atoms with Gasteiger partial charge in [0, 0.05) is 43.7 Å². The van der Waals surface area contributed by atoms with Crippen LogP contribution in [0.2, 0.25) is 0 Å². The molecule has 22 heavy (non-hydrogen) atoms. The molecule has 0 bridgehead atoms. The largest absolute Gasteiger partial charge is 0.316 e. The Morgan fingerprint density at radius 3 is 2.59 bits per heavy atom. The number of nitrogens with zero attached hydrogens (tertiary/aromatic N) is 2. The maximum Gasteiger partial charge on any atom is 0.0224 e. The molecule has 0 aromatic heterocycles. The van der Waals surface area contributed by atoms with Gasteiger partial charge in [-0.15, -0.1) is 0 Å². The lowest BCUT2D eigenvalue weighted by Gasteiger charge is -2.51. The summed E-state index contributed by atoms with van der Waals surface area (Å²) in [4.78, 5) is 5.01. The fourth-order valence-electron chi connectivity index (χ4n) is 4.92. The van der Waals surface area contributed by atoms with Crippen LogP contribution in [0.4, 0.5) is 0 Å². The molecule has 0 saturated carbocycles. The molecule has 2 atom stereocenters. The number of rotatable bonds is 1. The molecule has 4 heteroatoms. The van der Waals surface area contributed by atoms with Crippen molar-refractivity contribution in [2.75, 3.05) is 52.9 Å². The van der Waals surface area contributed by atoms with E-state index in [4.69, 9.17) is 0 Å². The van der Waals surface area contributed by atoms with Crippen molar-refractivity contribution in [1.82, 2.24) is 20.4 Å². The SMILES string of the molecule is CC(C)N1CCC2CCNC2C1.CN1CC2(CCCNC2)C1. The predicted molar refractivity (Wildman–Crippen MR) is 93.3 cm³/mol. The molecule has 4 rings (SSSR count). The van der Waals surface area contributed by atoms with Crippen molar-refractivity contribution in [3.8, 4) is 0 Å². The highest BCUT2D eigenvalue weighted by atomic mass is 15.2. The second kappa shape index (κ2) is 7.16. The summed E-state index contributed by atoms with van der Waals surface area (Å²) < 4.78 is 0. The first kappa shape index (κ1) is 16.7. The van der Waals surface area contributed by atoms with Crippen LogP contribution < -0.4 is 10.6 Å². The smallest absolute Gasteiger partial charge is 0.0224 e. The van der Waals surface area contributed by atoms with Gasteiger partial charge in [0.15, 0.2) is 0 Å². The zero-order valence-electron chi connectivity index (χ0n) is 14.9. The van der Waals surface area contributed by atoms with Crippen molar-refractivity contribution in [1.29, 1.82) is 0 Å². The summed E-state index contributed by atoms with van der Waals surface area (Å²) in [6.45, 7) is 13.6. The predicted octanol–water partition coefficient (Wildman–Crippen LogP) is 1.38.